The van der Waals surface area contributed by atoms with Gasteiger partial charge in [-0.25, -0.2) is 0 Å². The number of nitrogens with zero attached hydrogens (tertiary/aromatic N) is 1. The molecule has 4 nitrogen and oxygen atoms in total. The summed E-state index contributed by atoms with van der Waals surface area (Å²) in [5, 5.41) is 15.7. The number of rotatable bonds is 9. The zero-order chi connectivity index (χ0) is 21.9. The van der Waals surface area contributed by atoms with Crippen LogP contribution in [0.2, 0.25) is 0 Å². The third-order valence-electron chi connectivity index (χ3n) is 6.03. The fraction of sp³-hybridized carbons (Fsp3) is 0.500. The van der Waals surface area contributed by atoms with E-state index in [9.17, 15) is 23.1 Å². The average Bonchev–Trinajstić information content (AvgIpc) is 3.32. The number of aromatic hydroxyl groups is 1. The minimum absolute atomic E-state index is 0.0180. The van der Waals surface area contributed by atoms with Crippen LogP contribution in [-0.2, 0) is 11.2 Å². The van der Waals surface area contributed by atoms with Crippen molar-refractivity contribution in [1.29, 1.82) is 0 Å². The molecule has 0 aliphatic heterocycles. The number of benzene rings is 1. The van der Waals surface area contributed by atoms with Crippen molar-refractivity contribution in [3.05, 3.63) is 52.2 Å². The molecule has 1 aliphatic rings. The summed E-state index contributed by atoms with van der Waals surface area (Å²) in [7, 11) is 3.79. The summed E-state index contributed by atoms with van der Waals surface area (Å²) in [5.41, 5.74) is -0.178. The highest BCUT2D eigenvalue weighted by atomic mass is 32.1. The highest BCUT2D eigenvalue weighted by Crippen LogP contribution is 2.66. The van der Waals surface area contributed by atoms with Gasteiger partial charge in [0.25, 0.3) is 0 Å². The normalized spacial score (nSPS) is 17.5. The first-order chi connectivity index (χ1) is 14.1. The molecule has 2 atom stereocenters. The van der Waals surface area contributed by atoms with Crippen LogP contribution in [0.5, 0.6) is 5.75 Å². The van der Waals surface area contributed by atoms with Crippen LogP contribution < -0.4 is 5.32 Å². The number of phenolic OH excluding ortho intramolecular Hbond substituents is 1. The van der Waals surface area contributed by atoms with Crippen LogP contribution in [0.3, 0.4) is 0 Å². The maximum Gasteiger partial charge on any atom is 0.395 e. The summed E-state index contributed by atoms with van der Waals surface area (Å²) in [4.78, 5) is 14.6. The van der Waals surface area contributed by atoms with E-state index in [1.165, 1.54) is 11.3 Å². The Kier molecular flexibility index (Phi) is 6.77. The molecule has 2 unspecified atom stereocenters. The molecule has 8 heteroatoms. The Labute approximate surface area is 178 Å². The van der Waals surface area contributed by atoms with Crippen molar-refractivity contribution in [2.24, 2.45) is 5.41 Å². The number of carbonyl (C=O) groups excluding carboxylic acids is 1. The number of nitrogens with one attached hydrogen (secondary N) is 1. The number of amides is 1. The third kappa shape index (κ3) is 5.16. The first-order valence-corrected chi connectivity index (χ1v) is 10.9. The van der Waals surface area contributed by atoms with Gasteiger partial charge >= 0.3 is 6.18 Å². The van der Waals surface area contributed by atoms with Crippen molar-refractivity contribution in [3.8, 4) is 5.75 Å². The molecule has 1 fully saturated rings. The van der Waals surface area contributed by atoms with Gasteiger partial charge in [-0.15, -0.1) is 0 Å². The highest BCUT2D eigenvalue weighted by molar-refractivity contribution is 7.08. The van der Waals surface area contributed by atoms with E-state index in [-0.39, 0.29) is 37.0 Å². The fourth-order valence-corrected chi connectivity index (χ4v) is 4.61. The molecule has 0 spiro atoms. The second kappa shape index (κ2) is 8.98. The standard InChI is InChI=1S/C22H27F3N2O2S/c1-27(2)17(11-15-3-5-18(28)6-4-15)13-26-20(29)12-19(16-7-10-30-14-16)21(8-9-21)22(23,24)25/h3-7,10,14,17,19,28H,8-9,11-13H2,1-2H3,(H,26,29). The summed E-state index contributed by atoms with van der Waals surface area (Å²) >= 11 is 1.35. The summed E-state index contributed by atoms with van der Waals surface area (Å²) in [6, 6.07) is 8.54. The Bertz CT molecular complexity index is 831. The Morgan fingerprint density at radius 1 is 1.23 bits per heavy atom. The van der Waals surface area contributed by atoms with Crippen LogP contribution in [-0.4, -0.2) is 48.8 Å². The second-order valence-corrected chi connectivity index (χ2v) is 9.04. The summed E-state index contributed by atoms with van der Waals surface area (Å²) in [5.74, 6) is -1.02. The Hall–Kier alpha value is -2.06. The molecular weight excluding hydrogens is 413 g/mol. The van der Waals surface area contributed by atoms with E-state index in [4.69, 9.17) is 0 Å². The van der Waals surface area contributed by atoms with E-state index in [1.54, 1.807) is 29.0 Å². The summed E-state index contributed by atoms with van der Waals surface area (Å²) < 4.78 is 41.2. The Morgan fingerprint density at radius 3 is 2.40 bits per heavy atom. The zero-order valence-electron chi connectivity index (χ0n) is 17.1. The lowest BCUT2D eigenvalue weighted by Crippen LogP contribution is -2.42. The van der Waals surface area contributed by atoms with Gasteiger partial charge in [-0.1, -0.05) is 12.1 Å². The van der Waals surface area contributed by atoms with E-state index in [2.05, 4.69) is 5.32 Å². The van der Waals surface area contributed by atoms with Gasteiger partial charge in [0, 0.05) is 24.9 Å². The van der Waals surface area contributed by atoms with Crippen molar-refractivity contribution in [3.63, 3.8) is 0 Å². The summed E-state index contributed by atoms with van der Waals surface area (Å²) in [6.07, 6.45) is -3.69. The molecular formula is C22H27F3N2O2S. The largest absolute Gasteiger partial charge is 0.508 e. The Morgan fingerprint density at radius 2 is 1.90 bits per heavy atom. The zero-order valence-corrected chi connectivity index (χ0v) is 17.9. The van der Waals surface area contributed by atoms with Gasteiger partial charge < -0.3 is 15.3 Å². The molecule has 30 heavy (non-hydrogen) atoms. The van der Waals surface area contributed by atoms with Gasteiger partial charge in [-0.05, 0) is 73.4 Å². The van der Waals surface area contributed by atoms with E-state index in [0.717, 1.165) is 5.56 Å². The van der Waals surface area contributed by atoms with E-state index in [1.807, 2.05) is 31.1 Å². The molecule has 1 heterocycles. The third-order valence-corrected chi connectivity index (χ3v) is 6.73. The molecule has 0 bridgehead atoms. The number of thiophene rings is 1. The van der Waals surface area contributed by atoms with Crippen molar-refractivity contribution < 1.29 is 23.1 Å². The maximum absolute atomic E-state index is 13.7. The van der Waals surface area contributed by atoms with Gasteiger partial charge in [0.05, 0.1) is 5.41 Å². The van der Waals surface area contributed by atoms with E-state index in [0.29, 0.717) is 18.5 Å². The SMILES string of the molecule is CN(C)C(CNC(=O)CC(c1ccsc1)C1(C(F)(F)F)CC1)Cc1ccc(O)cc1. The van der Waals surface area contributed by atoms with Crippen molar-refractivity contribution in [2.45, 2.75) is 43.8 Å². The minimum Gasteiger partial charge on any atom is -0.508 e. The first kappa shape index (κ1) is 22.6. The molecule has 164 valence electrons. The molecule has 1 amide bonds. The first-order valence-electron chi connectivity index (χ1n) is 9.92. The molecule has 1 aliphatic carbocycles. The number of phenols is 1. The van der Waals surface area contributed by atoms with Crippen LogP contribution in [0.4, 0.5) is 13.2 Å². The maximum atomic E-state index is 13.7. The van der Waals surface area contributed by atoms with Crippen molar-refractivity contribution in [2.75, 3.05) is 20.6 Å². The molecule has 1 saturated carbocycles. The topological polar surface area (TPSA) is 52.6 Å². The van der Waals surface area contributed by atoms with Gasteiger partial charge in [0.2, 0.25) is 5.91 Å². The van der Waals surface area contributed by atoms with Crippen LogP contribution in [0.1, 0.15) is 36.3 Å². The van der Waals surface area contributed by atoms with Gasteiger partial charge in [0.15, 0.2) is 0 Å². The van der Waals surface area contributed by atoms with Gasteiger partial charge in [0.1, 0.15) is 5.75 Å². The Balaban J connectivity index is 1.64. The van der Waals surface area contributed by atoms with Crippen LogP contribution >= 0.6 is 11.3 Å². The molecule has 3 rings (SSSR count). The van der Waals surface area contributed by atoms with Crippen LogP contribution in [0.15, 0.2) is 41.1 Å². The monoisotopic (exact) mass is 440 g/mol. The lowest BCUT2D eigenvalue weighted by molar-refractivity contribution is -0.194. The average molecular weight is 441 g/mol. The smallest absolute Gasteiger partial charge is 0.395 e. The lowest BCUT2D eigenvalue weighted by Gasteiger charge is -2.29. The number of carbonyl (C=O) groups is 1. The molecule has 0 saturated heterocycles. The summed E-state index contributed by atoms with van der Waals surface area (Å²) in [6.45, 7) is 0.335. The fourth-order valence-electron chi connectivity index (χ4n) is 3.90. The van der Waals surface area contributed by atoms with E-state index < -0.39 is 17.5 Å². The molecule has 0 radical (unpaired) electrons. The van der Waals surface area contributed by atoms with Crippen LogP contribution in [0, 0.1) is 5.41 Å². The van der Waals surface area contributed by atoms with Gasteiger partial charge in [-0.2, -0.15) is 24.5 Å². The predicted molar refractivity (Wildman–Crippen MR) is 112 cm³/mol. The second-order valence-electron chi connectivity index (χ2n) is 8.26. The lowest BCUT2D eigenvalue weighted by atomic mass is 9.81. The number of halogens is 3. The van der Waals surface area contributed by atoms with Crippen molar-refractivity contribution in [1.82, 2.24) is 10.2 Å². The molecule has 1 aromatic heterocycles. The number of hydrogen-bond acceptors (Lipinski definition) is 4. The number of likely N-dealkylation sites (N-methyl/N-ethyl adjacent to an activating group) is 1. The van der Waals surface area contributed by atoms with Gasteiger partial charge in [-0.3, -0.25) is 4.79 Å². The number of hydrogen-bond donors (Lipinski definition) is 2. The van der Waals surface area contributed by atoms with Crippen molar-refractivity contribution >= 4 is 17.2 Å². The molecule has 2 N–H and O–H groups in total. The molecule has 2 aromatic rings. The van der Waals surface area contributed by atoms with Crippen LogP contribution in [0.25, 0.3) is 0 Å². The molecule has 1 aromatic carbocycles. The number of alkyl halides is 3. The quantitative estimate of drug-likeness (QED) is 0.601. The minimum atomic E-state index is -4.31. The van der Waals surface area contributed by atoms with E-state index >= 15 is 0 Å². The predicted octanol–water partition coefficient (Wildman–Crippen LogP) is 4.56. The highest BCUT2D eigenvalue weighted by Gasteiger charge is 2.67.